The zero-order valence-corrected chi connectivity index (χ0v) is 25.2. The fourth-order valence-electron chi connectivity index (χ4n) is 4.93. The number of benzene rings is 2. The van der Waals surface area contributed by atoms with Gasteiger partial charge in [0.1, 0.15) is 11.5 Å². The van der Waals surface area contributed by atoms with Crippen molar-refractivity contribution in [1.82, 2.24) is 9.97 Å². The number of thiazole rings is 2. The zero-order chi connectivity index (χ0) is 29.1. The molecule has 8 nitrogen and oxygen atoms in total. The number of aliphatic hydroxyl groups excluding tert-OH is 1. The van der Waals surface area contributed by atoms with Crippen molar-refractivity contribution in [2.45, 2.75) is 59.4 Å². The molecular weight excluding hydrogens is 558 g/mol. The van der Waals surface area contributed by atoms with Crippen molar-refractivity contribution >= 4 is 49.7 Å². The van der Waals surface area contributed by atoms with Crippen LogP contribution in [0.15, 0.2) is 53.8 Å². The first-order valence-corrected chi connectivity index (χ1v) is 15.5. The first-order valence-electron chi connectivity index (χ1n) is 13.8. The molecule has 0 radical (unpaired) electrons. The van der Waals surface area contributed by atoms with Crippen molar-refractivity contribution in [3.63, 3.8) is 0 Å². The number of aliphatic hydroxyl groups is 1. The lowest BCUT2D eigenvalue weighted by molar-refractivity contribution is -0.117. The number of hydrogen-bond donors (Lipinski definition) is 1. The van der Waals surface area contributed by atoms with Crippen LogP contribution < -0.4 is 14.4 Å². The van der Waals surface area contributed by atoms with Gasteiger partial charge in [0, 0.05) is 0 Å². The van der Waals surface area contributed by atoms with Crippen LogP contribution in [-0.4, -0.2) is 40.0 Å². The van der Waals surface area contributed by atoms with Gasteiger partial charge < -0.3 is 14.6 Å². The standard InChI is InChI=1S/C31H33N3O5S2/c1-5-7-8-9-16-39-21-12-10-20(11-13-21)26-25(27(35)29-18(3)32-19(4)40-29)28(36)30(37)34(26)31-33-23-15-14-22(38-6-2)17-24(23)41-31/h10-15,17,26,36H,5-9,16H2,1-4H3. The number of fused-ring (bicyclic) bond motifs is 1. The van der Waals surface area contributed by atoms with Gasteiger partial charge in [0.2, 0.25) is 5.78 Å². The third-order valence-electron chi connectivity index (χ3n) is 6.89. The molecule has 1 N–H and O–H groups in total. The average molecular weight is 592 g/mol. The number of rotatable bonds is 12. The molecule has 1 unspecified atom stereocenters. The molecular formula is C31H33N3O5S2. The van der Waals surface area contributed by atoms with Gasteiger partial charge >= 0.3 is 0 Å². The number of nitrogens with zero attached hydrogens (tertiary/aromatic N) is 3. The number of ketones is 1. The molecule has 0 spiro atoms. The molecule has 2 aromatic heterocycles. The Morgan fingerprint density at radius 1 is 0.976 bits per heavy atom. The minimum atomic E-state index is -0.873. The summed E-state index contributed by atoms with van der Waals surface area (Å²) in [6.07, 6.45) is 4.44. The minimum absolute atomic E-state index is 0.0178. The van der Waals surface area contributed by atoms with Gasteiger partial charge in [-0.1, -0.05) is 49.7 Å². The van der Waals surface area contributed by atoms with Crippen molar-refractivity contribution in [3.8, 4) is 11.5 Å². The van der Waals surface area contributed by atoms with Crippen LogP contribution in [-0.2, 0) is 4.79 Å². The maximum absolute atomic E-state index is 13.9. The smallest absolute Gasteiger partial charge is 0.296 e. The topological polar surface area (TPSA) is 102 Å². The molecule has 5 rings (SSSR count). The zero-order valence-electron chi connectivity index (χ0n) is 23.6. The van der Waals surface area contributed by atoms with Crippen molar-refractivity contribution in [2.24, 2.45) is 0 Å². The molecule has 1 amide bonds. The molecule has 0 fully saturated rings. The molecule has 1 aliphatic rings. The number of ether oxygens (including phenoxy) is 2. The van der Waals surface area contributed by atoms with E-state index in [9.17, 15) is 14.7 Å². The van der Waals surface area contributed by atoms with Crippen LogP contribution in [0.3, 0.4) is 0 Å². The van der Waals surface area contributed by atoms with E-state index in [-0.39, 0.29) is 5.57 Å². The highest BCUT2D eigenvalue weighted by atomic mass is 32.1. The Morgan fingerprint density at radius 3 is 2.41 bits per heavy atom. The molecule has 0 saturated carbocycles. The van der Waals surface area contributed by atoms with Gasteiger partial charge in [-0.2, -0.15) is 0 Å². The first kappa shape index (κ1) is 28.8. The Kier molecular flexibility index (Phi) is 8.70. The number of carbonyl (C=O) groups is 2. The highest BCUT2D eigenvalue weighted by Gasteiger charge is 2.46. The Hall–Kier alpha value is -3.76. The van der Waals surface area contributed by atoms with E-state index in [1.165, 1.54) is 34.0 Å². The third-order valence-corrected chi connectivity index (χ3v) is 8.98. The van der Waals surface area contributed by atoms with E-state index in [0.717, 1.165) is 29.0 Å². The number of aryl methyl sites for hydroxylation is 2. The molecule has 1 aliphatic heterocycles. The minimum Gasteiger partial charge on any atom is -0.503 e. The molecule has 1 atom stereocenters. The lowest BCUT2D eigenvalue weighted by Gasteiger charge is -2.24. The quantitative estimate of drug-likeness (QED) is 0.134. The molecule has 0 aliphatic carbocycles. The Balaban J connectivity index is 1.53. The highest BCUT2D eigenvalue weighted by molar-refractivity contribution is 7.22. The summed E-state index contributed by atoms with van der Waals surface area (Å²) in [5.41, 5.74) is 1.94. The van der Waals surface area contributed by atoms with Gasteiger partial charge in [0.25, 0.3) is 5.91 Å². The number of unbranched alkanes of at least 4 members (excludes halogenated alkanes) is 3. The lowest BCUT2D eigenvalue weighted by atomic mass is 9.95. The average Bonchev–Trinajstić information content (AvgIpc) is 3.61. The van der Waals surface area contributed by atoms with Gasteiger partial charge in [-0.15, -0.1) is 11.3 Å². The summed E-state index contributed by atoms with van der Waals surface area (Å²) in [6, 6.07) is 12.0. The second-order valence-electron chi connectivity index (χ2n) is 9.85. The van der Waals surface area contributed by atoms with Crippen LogP contribution in [0.1, 0.15) is 71.5 Å². The molecule has 0 bridgehead atoms. The van der Waals surface area contributed by atoms with Crippen LogP contribution in [0, 0.1) is 13.8 Å². The second kappa shape index (κ2) is 12.4. The molecule has 214 valence electrons. The fourth-order valence-corrected chi connectivity index (χ4v) is 6.83. The summed E-state index contributed by atoms with van der Waals surface area (Å²) in [5, 5.41) is 12.3. The predicted octanol–water partition coefficient (Wildman–Crippen LogP) is 7.51. The number of anilines is 1. The van der Waals surface area contributed by atoms with Gasteiger partial charge in [-0.3, -0.25) is 14.5 Å². The second-order valence-corrected chi connectivity index (χ2v) is 12.1. The highest BCUT2D eigenvalue weighted by Crippen LogP contribution is 2.45. The normalized spacial score (nSPS) is 15.3. The van der Waals surface area contributed by atoms with Crippen molar-refractivity contribution in [2.75, 3.05) is 18.1 Å². The van der Waals surface area contributed by atoms with E-state index in [0.29, 0.717) is 51.5 Å². The third kappa shape index (κ3) is 5.85. The summed E-state index contributed by atoms with van der Waals surface area (Å²) in [7, 11) is 0. The molecule has 4 aromatic rings. The molecule has 41 heavy (non-hydrogen) atoms. The van der Waals surface area contributed by atoms with Crippen LogP contribution in [0.4, 0.5) is 5.13 Å². The number of carbonyl (C=O) groups excluding carboxylic acids is 2. The molecule has 10 heteroatoms. The van der Waals surface area contributed by atoms with Crippen LogP contribution in [0.2, 0.25) is 0 Å². The van der Waals surface area contributed by atoms with E-state index in [1.54, 1.807) is 6.92 Å². The monoisotopic (exact) mass is 591 g/mol. The van der Waals surface area contributed by atoms with Gasteiger partial charge in [-0.05, 0) is 63.1 Å². The number of amides is 1. The van der Waals surface area contributed by atoms with E-state index < -0.39 is 23.5 Å². The largest absolute Gasteiger partial charge is 0.503 e. The summed E-state index contributed by atoms with van der Waals surface area (Å²) in [4.78, 5) is 38.5. The lowest BCUT2D eigenvalue weighted by Crippen LogP contribution is -2.31. The molecule has 0 saturated heterocycles. The number of aromatic nitrogens is 2. The van der Waals surface area contributed by atoms with Crippen LogP contribution in [0.5, 0.6) is 11.5 Å². The Bertz CT molecular complexity index is 1610. The summed E-state index contributed by atoms with van der Waals surface area (Å²) in [5.74, 6) is -0.242. The van der Waals surface area contributed by atoms with E-state index in [2.05, 4.69) is 11.9 Å². The molecule has 2 aromatic carbocycles. The molecule has 3 heterocycles. The maximum Gasteiger partial charge on any atom is 0.296 e. The summed E-state index contributed by atoms with van der Waals surface area (Å²) >= 11 is 2.56. The SMILES string of the molecule is CCCCCCOc1ccc(C2C(C(=O)c3sc(C)nc3C)=C(O)C(=O)N2c2nc3ccc(OCC)cc3s2)cc1. The van der Waals surface area contributed by atoms with Gasteiger partial charge in [-0.25, -0.2) is 9.97 Å². The van der Waals surface area contributed by atoms with Crippen molar-refractivity contribution < 1.29 is 24.2 Å². The number of hydrogen-bond acceptors (Lipinski definition) is 9. The summed E-state index contributed by atoms with van der Waals surface area (Å²) < 4.78 is 12.4. The summed E-state index contributed by atoms with van der Waals surface area (Å²) in [6.45, 7) is 8.82. The fraction of sp³-hybridized carbons (Fsp3) is 0.355. The van der Waals surface area contributed by atoms with Gasteiger partial charge in [0.05, 0.1) is 50.6 Å². The number of Topliss-reactive ketones (excluding diaryl/α,β-unsaturated/α-hetero) is 1. The van der Waals surface area contributed by atoms with Crippen LogP contribution in [0.25, 0.3) is 10.2 Å². The van der Waals surface area contributed by atoms with Crippen LogP contribution >= 0.6 is 22.7 Å². The Morgan fingerprint density at radius 2 is 1.73 bits per heavy atom. The predicted molar refractivity (Wildman–Crippen MR) is 163 cm³/mol. The maximum atomic E-state index is 13.9. The van der Waals surface area contributed by atoms with Gasteiger partial charge in [0.15, 0.2) is 10.9 Å². The first-order chi connectivity index (χ1) is 19.8. The van der Waals surface area contributed by atoms with E-state index in [4.69, 9.17) is 14.5 Å². The van der Waals surface area contributed by atoms with E-state index in [1.807, 2.05) is 56.3 Å². The van der Waals surface area contributed by atoms with Crippen molar-refractivity contribution in [3.05, 3.63) is 74.9 Å². The van der Waals surface area contributed by atoms with Crippen molar-refractivity contribution in [1.29, 1.82) is 0 Å². The van der Waals surface area contributed by atoms with E-state index >= 15 is 0 Å². The Labute approximate surface area is 247 Å².